The molecule has 11 heteroatoms. The molecule has 1 aliphatic rings. The quantitative estimate of drug-likeness (QED) is 0.175. The van der Waals surface area contributed by atoms with Crippen molar-refractivity contribution in [2.24, 2.45) is 11.8 Å². The Bertz CT molecular complexity index is 985. The number of aliphatic hydroxyl groups excluding tert-OH is 2. The fraction of sp³-hybridized carbons (Fsp3) is 0.724. The second-order valence-electron chi connectivity index (χ2n) is 11.3. The van der Waals surface area contributed by atoms with Gasteiger partial charge < -0.3 is 20.3 Å². The predicted octanol–water partition coefficient (Wildman–Crippen LogP) is 3.22. The predicted molar refractivity (Wildman–Crippen MR) is 155 cm³/mol. The normalized spacial score (nSPS) is 17.6. The van der Waals surface area contributed by atoms with Gasteiger partial charge in [-0.1, -0.05) is 89.6 Å². The van der Waals surface area contributed by atoms with Crippen LogP contribution in [-0.2, 0) is 26.2 Å². The van der Waals surface area contributed by atoms with E-state index in [9.17, 15) is 28.2 Å². The molecule has 10 nitrogen and oxygen atoms in total. The van der Waals surface area contributed by atoms with Gasteiger partial charge in [-0.3, -0.25) is 10.1 Å². The first kappa shape index (κ1) is 34.2. The van der Waals surface area contributed by atoms with Gasteiger partial charge in [0.05, 0.1) is 24.0 Å². The van der Waals surface area contributed by atoms with Crippen molar-refractivity contribution in [3.8, 4) is 0 Å². The summed E-state index contributed by atoms with van der Waals surface area (Å²) in [6.07, 6.45) is 3.66. The molecule has 0 saturated heterocycles. The average molecular weight is 584 g/mol. The molecular weight excluding hydrogens is 534 g/mol. The highest BCUT2D eigenvalue weighted by Crippen LogP contribution is 2.29. The van der Waals surface area contributed by atoms with E-state index in [0.717, 1.165) is 44.1 Å². The fourth-order valence-corrected chi connectivity index (χ4v) is 6.29. The summed E-state index contributed by atoms with van der Waals surface area (Å²) in [6.45, 7) is 6.10. The molecule has 0 heterocycles. The molecule has 0 radical (unpaired) electrons. The monoisotopic (exact) mass is 583 g/mol. The summed E-state index contributed by atoms with van der Waals surface area (Å²) in [6, 6.07) is 7.49. The molecule has 4 atom stereocenters. The highest BCUT2D eigenvalue weighted by molar-refractivity contribution is 7.89. The maximum Gasteiger partial charge on any atom is 0.414 e. The number of sulfonamides is 1. The van der Waals surface area contributed by atoms with Crippen LogP contribution in [0.15, 0.2) is 30.3 Å². The first-order chi connectivity index (χ1) is 19.0. The zero-order chi connectivity index (χ0) is 29.5. The molecular formula is C29H49N3O7S. The standard InChI is InChI=1S/C29H49N3O7S/c1-4-5-16-30-40(37,38)20-26(33)27(34)24(18-22-12-8-6-9-13-22)31-25(17-21(2)3)28(35)32-29(36)39-19-23-14-10-7-11-15-23/h7,10-11,14-15,21-22,24-27,30-31,33-34H,4-6,8-9,12-13,16-20H2,1-3H3,(H,32,35,36)/t24-,25+,26-,27?/m1/s1. The zero-order valence-electron chi connectivity index (χ0n) is 24.2. The van der Waals surface area contributed by atoms with Crippen molar-refractivity contribution in [2.75, 3.05) is 12.3 Å². The summed E-state index contributed by atoms with van der Waals surface area (Å²) in [7, 11) is -3.80. The molecule has 1 aromatic rings. The fourth-order valence-electron chi connectivity index (χ4n) is 5.07. The lowest BCUT2D eigenvalue weighted by molar-refractivity contribution is -0.123. The van der Waals surface area contributed by atoms with E-state index in [1.807, 2.05) is 39.0 Å². The number of carbonyl (C=O) groups is 2. The molecule has 2 rings (SSSR count). The molecule has 228 valence electrons. The van der Waals surface area contributed by atoms with E-state index in [4.69, 9.17) is 4.74 Å². The van der Waals surface area contributed by atoms with Crippen LogP contribution < -0.4 is 15.4 Å². The van der Waals surface area contributed by atoms with E-state index in [-0.39, 0.29) is 25.0 Å². The summed E-state index contributed by atoms with van der Waals surface area (Å²) in [5.74, 6) is -0.904. The zero-order valence-corrected chi connectivity index (χ0v) is 25.0. The van der Waals surface area contributed by atoms with Gasteiger partial charge in [-0.25, -0.2) is 17.9 Å². The van der Waals surface area contributed by atoms with Crippen LogP contribution in [0.4, 0.5) is 4.79 Å². The highest BCUT2D eigenvalue weighted by Gasteiger charge is 2.35. The Balaban J connectivity index is 2.11. The first-order valence-corrected chi connectivity index (χ1v) is 16.3. The van der Waals surface area contributed by atoms with E-state index in [2.05, 4.69) is 15.4 Å². The summed E-state index contributed by atoms with van der Waals surface area (Å²) in [5.41, 5.74) is 0.783. The van der Waals surface area contributed by atoms with Crippen molar-refractivity contribution in [1.82, 2.24) is 15.4 Å². The maximum absolute atomic E-state index is 13.2. The second kappa shape index (κ2) is 17.7. The van der Waals surface area contributed by atoms with Crippen molar-refractivity contribution >= 4 is 22.0 Å². The number of alkyl carbamates (subject to hydrolysis) is 1. The Hall–Kier alpha value is -2.05. The first-order valence-electron chi connectivity index (χ1n) is 14.6. The highest BCUT2D eigenvalue weighted by atomic mass is 32.2. The number of ether oxygens (including phenoxy) is 1. The summed E-state index contributed by atoms with van der Waals surface area (Å²) in [4.78, 5) is 25.6. The van der Waals surface area contributed by atoms with Gasteiger partial charge in [0.2, 0.25) is 15.9 Å². The van der Waals surface area contributed by atoms with Crippen molar-refractivity contribution in [3.05, 3.63) is 35.9 Å². The summed E-state index contributed by atoms with van der Waals surface area (Å²) < 4.78 is 32.6. The van der Waals surface area contributed by atoms with Crippen LogP contribution in [0.3, 0.4) is 0 Å². The number of nitrogens with one attached hydrogen (secondary N) is 3. The molecule has 1 fully saturated rings. The van der Waals surface area contributed by atoms with E-state index in [1.54, 1.807) is 12.1 Å². The van der Waals surface area contributed by atoms with Crippen LogP contribution in [0, 0.1) is 11.8 Å². The minimum absolute atomic E-state index is 0.0121. The van der Waals surface area contributed by atoms with Crippen LogP contribution in [0.25, 0.3) is 0 Å². The third kappa shape index (κ3) is 13.1. The molecule has 2 amide bonds. The Morgan fingerprint density at radius 1 is 1.07 bits per heavy atom. The van der Waals surface area contributed by atoms with Crippen LogP contribution >= 0.6 is 0 Å². The van der Waals surface area contributed by atoms with Gasteiger partial charge in [-0.2, -0.15) is 0 Å². The second-order valence-corrected chi connectivity index (χ2v) is 13.2. The van der Waals surface area contributed by atoms with Crippen LogP contribution in [0.2, 0.25) is 0 Å². The number of imide groups is 1. The lowest BCUT2D eigenvalue weighted by atomic mass is 9.82. The van der Waals surface area contributed by atoms with Crippen LogP contribution in [-0.4, -0.2) is 67.2 Å². The Morgan fingerprint density at radius 3 is 2.38 bits per heavy atom. The minimum Gasteiger partial charge on any atom is -0.444 e. The van der Waals surface area contributed by atoms with Gasteiger partial charge in [0.25, 0.3) is 0 Å². The largest absolute Gasteiger partial charge is 0.444 e. The molecule has 1 aromatic carbocycles. The van der Waals surface area contributed by atoms with E-state index < -0.39 is 52.1 Å². The van der Waals surface area contributed by atoms with Gasteiger partial charge in [0, 0.05) is 12.6 Å². The molecule has 1 aliphatic carbocycles. The molecule has 5 N–H and O–H groups in total. The smallest absolute Gasteiger partial charge is 0.414 e. The number of aliphatic hydroxyl groups is 2. The topological polar surface area (TPSA) is 154 Å². The number of benzene rings is 1. The minimum atomic E-state index is -3.80. The molecule has 1 saturated carbocycles. The Labute approximate surface area is 239 Å². The van der Waals surface area contributed by atoms with Gasteiger partial charge in [0.15, 0.2) is 0 Å². The third-order valence-corrected chi connectivity index (χ3v) is 8.66. The SMILES string of the molecule is CCCCNS(=O)(=O)C[C@@H](O)C(O)[C@@H](CC1CCCCC1)N[C@@H](CC(C)C)C(=O)NC(=O)OCc1ccccc1. The number of hydrogen-bond acceptors (Lipinski definition) is 8. The van der Waals surface area contributed by atoms with Crippen molar-refractivity contribution < 1.29 is 33.0 Å². The van der Waals surface area contributed by atoms with E-state index in [0.29, 0.717) is 19.3 Å². The molecule has 1 unspecified atom stereocenters. The maximum atomic E-state index is 13.2. The number of amides is 2. The number of carbonyl (C=O) groups excluding carboxylic acids is 2. The van der Waals surface area contributed by atoms with Gasteiger partial charge in [0.1, 0.15) is 6.61 Å². The lowest BCUT2D eigenvalue weighted by Crippen LogP contribution is -2.57. The Morgan fingerprint density at radius 2 is 1.75 bits per heavy atom. The number of hydrogen-bond donors (Lipinski definition) is 5. The van der Waals surface area contributed by atoms with Crippen molar-refractivity contribution in [2.45, 2.75) is 109 Å². The van der Waals surface area contributed by atoms with E-state index >= 15 is 0 Å². The number of unbranched alkanes of at least 4 members (excludes halogenated alkanes) is 1. The average Bonchev–Trinajstić information content (AvgIpc) is 2.91. The molecule has 0 aromatic heterocycles. The van der Waals surface area contributed by atoms with Crippen LogP contribution in [0.5, 0.6) is 0 Å². The van der Waals surface area contributed by atoms with Crippen LogP contribution in [0.1, 0.15) is 84.1 Å². The molecule has 40 heavy (non-hydrogen) atoms. The third-order valence-electron chi connectivity index (χ3n) is 7.24. The lowest BCUT2D eigenvalue weighted by Gasteiger charge is -2.34. The summed E-state index contributed by atoms with van der Waals surface area (Å²) in [5, 5.41) is 27.4. The molecule has 0 aliphatic heterocycles. The van der Waals surface area contributed by atoms with Gasteiger partial charge in [-0.15, -0.1) is 0 Å². The van der Waals surface area contributed by atoms with Crippen molar-refractivity contribution in [3.63, 3.8) is 0 Å². The Kier molecular flexibility index (Phi) is 15.1. The molecule has 0 spiro atoms. The molecule has 0 bridgehead atoms. The summed E-state index contributed by atoms with van der Waals surface area (Å²) >= 11 is 0. The van der Waals surface area contributed by atoms with E-state index in [1.165, 1.54) is 0 Å². The number of rotatable bonds is 17. The van der Waals surface area contributed by atoms with Crippen molar-refractivity contribution in [1.29, 1.82) is 0 Å². The van der Waals surface area contributed by atoms with Gasteiger partial charge >= 0.3 is 6.09 Å². The van der Waals surface area contributed by atoms with Gasteiger partial charge in [-0.05, 0) is 36.7 Å².